The largest absolute Gasteiger partial charge is 0.315 e. The lowest BCUT2D eigenvalue weighted by atomic mass is 10.0. The van der Waals surface area contributed by atoms with E-state index in [1.807, 2.05) is 0 Å². The van der Waals surface area contributed by atoms with Crippen LogP contribution < -0.4 is 5.32 Å². The van der Waals surface area contributed by atoms with E-state index in [0.29, 0.717) is 0 Å². The summed E-state index contributed by atoms with van der Waals surface area (Å²) in [4.78, 5) is 2.76. The van der Waals surface area contributed by atoms with E-state index >= 15 is 0 Å². The molecule has 0 aliphatic carbocycles. The first kappa shape index (κ1) is 15.0. The molecule has 1 N–H and O–H groups in total. The second kappa shape index (κ2) is 8.93. The van der Waals surface area contributed by atoms with Gasteiger partial charge in [0.25, 0.3) is 0 Å². The molecule has 2 heteroatoms. The molecule has 2 nitrogen and oxygen atoms in total. The average Bonchev–Trinajstić information content (AvgIpc) is 2.85. The Morgan fingerprint density at radius 3 is 2.59 bits per heavy atom. The van der Waals surface area contributed by atoms with Crippen LogP contribution in [0, 0.1) is 0 Å². The summed E-state index contributed by atoms with van der Waals surface area (Å²) in [6.45, 7) is 10.7. The third kappa shape index (κ3) is 5.39. The maximum absolute atomic E-state index is 3.50. The molecule has 2 unspecified atom stereocenters. The SMILES string of the molecule is CCCCCCC(C)N(CCC)C1CCNC1. The summed E-state index contributed by atoms with van der Waals surface area (Å²) < 4.78 is 0. The maximum Gasteiger partial charge on any atom is 0.0235 e. The van der Waals surface area contributed by atoms with Gasteiger partial charge in [-0.05, 0) is 39.3 Å². The summed E-state index contributed by atoms with van der Waals surface area (Å²) in [7, 11) is 0. The number of rotatable bonds is 9. The highest BCUT2D eigenvalue weighted by molar-refractivity contribution is 4.83. The number of hydrogen-bond acceptors (Lipinski definition) is 2. The monoisotopic (exact) mass is 240 g/mol. The highest BCUT2D eigenvalue weighted by Crippen LogP contribution is 2.17. The molecule has 0 aromatic carbocycles. The molecule has 0 radical (unpaired) electrons. The van der Waals surface area contributed by atoms with Crippen LogP contribution in [0.3, 0.4) is 0 Å². The van der Waals surface area contributed by atoms with Crippen LogP contribution in [0.2, 0.25) is 0 Å². The Bertz CT molecular complexity index is 176. The number of hydrogen-bond donors (Lipinski definition) is 1. The molecule has 1 rings (SSSR count). The van der Waals surface area contributed by atoms with Crippen molar-refractivity contribution in [1.82, 2.24) is 10.2 Å². The summed E-state index contributed by atoms with van der Waals surface area (Å²) in [5.74, 6) is 0. The lowest BCUT2D eigenvalue weighted by Gasteiger charge is -2.34. The summed E-state index contributed by atoms with van der Waals surface area (Å²) in [5.41, 5.74) is 0. The van der Waals surface area contributed by atoms with E-state index in [1.54, 1.807) is 0 Å². The van der Waals surface area contributed by atoms with E-state index in [4.69, 9.17) is 0 Å². The van der Waals surface area contributed by atoms with Crippen molar-refractivity contribution in [2.24, 2.45) is 0 Å². The normalized spacial score (nSPS) is 22.2. The Balaban J connectivity index is 2.29. The van der Waals surface area contributed by atoms with Gasteiger partial charge in [-0.2, -0.15) is 0 Å². The topological polar surface area (TPSA) is 15.3 Å². The highest BCUT2D eigenvalue weighted by Gasteiger charge is 2.25. The van der Waals surface area contributed by atoms with Gasteiger partial charge in [0.2, 0.25) is 0 Å². The summed E-state index contributed by atoms with van der Waals surface area (Å²) in [5, 5.41) is 3.50. The van der Waals surface area contributed by atoms with E-state index in [9.17, 15) is 0 Å². The zero-order valence-electron chi connectivity index (χ0n) is 12.2. The van der Waals surface area contributed by atoms with Crippen LogP contribution in [0.1, 0.15) is 65.7 Å². The fourth-order valence-electron chi connectivity index (χ4n) is 2.98. The molecular formula is C15H32N2. The maximum atomic E-state index is 3.50. The fraction of sp³-hybridized carbons (Fsp3) is 1.00. The molecule has 2 atom stereocenters. The van der Waals surface area contributed by atoms with Gasteiger partial charge in [-0.25, -0.2) is 0 Å². The van der Waals surface area contributed by atoms with Crippen molar-refractivity contribution < 1.29 is 0 Å². The van der Waals surface area contributed by atoms with Crippen molar-refractivity contribution in [3.63, 3.8) is 0 Å². The van der Waals surface area contributed by atoms with E-state index < -0.39 is 0 Å². The van der Waals surface area contributed by atoms with Gasteiger partial charge in [0.15, 0.2) is 0 Å². The second-order valence-electron chi connectivity index (χ2n) is 5.58. The van der Waals surface area contributed by atoms with Gasteiger partial charge < -0.3 is 5.32 Å². The highest BCUT2D eigenvalue weighted by atomic mass is 15.2. The fourth-order valence-corrected chi connectivity index (χ4v) is 2.98. The molecule has 0 aromatic heterocycles. The van der Waals surface area contributed by atoms with E-state index in [-0.39, 0.29) is 0 Å². The summed E-state index contributed by atoms with van der Waals surface area (Å²) >= 11 is 0. The molecule has 0 aromatic rings. The van der Waals surface area contributed by atoms with Crippen LogP contribution in [0.25, 0.3) is 0 Å². The standard InChI is InChI=1S/C15H32N2/c1-4-6-7-8-9-14(3)17(12-5-2)15-10-11-16-13-15/h14-16H,4-13H2,1-3H3. The van der Waals surface area contributed by atoms with Crippen LogP contribution in [0.4, 0.5) is 0 Å². The molecule has 1 aliphatic rings. The van der Waals surface area contributed by atoms with Crippen molar-refractivity contribution in [1.29, 1.82) is 0 Å². The minimum Gasteiger partial charge on any atom is -0.315 e. The number of nitrogens with zero attached hydrogens (tertiary/aromatic N) is 1. The van der Waals surface area contributed by atoms with Crippen molar-refractivity contribution in [2.75, 3.05) is 19.6 Å². The Labute approximate surface area is 108 Å². The van der Waals surface area contributed by atoms with Gasteiger partial charge >= 0.3 is 0 Å². The molecule has 1 aliphatic heterocycles. The van der Waals surface area contributed by atoms with Crippen molar-refractivity contribution in [3.05, 3.63) is 0 Å². The number of unbranched alkanes of at least 4 members (excludes halogenated alkanes) is 3. The molecular weight excluding hydrogens is 208 g/mol. The first-order valence-electron chi connectivity index (χ1n) is 7.76. The van der Waals surface area contributed by atoms with Gasteiger partial charge in [0.05, 0.1) is 0 Å². The Morgan fingerprint density at radius 1 is 1.18 bits per heavy atom. The zero-order valence-corrected chi connectivity index (χ0v) is 12.2. The molecule has 0 amide bonds. The van der Waals surface area contributed by atoms with Crippen LogP contribution in [0.5, 0.6) is 0 Å². The van der Waals surface area contributed by atoms with Crippen LogP contribution in [0.15, 0.2) is 0 Å². The Hall–Kier alpha value is -0.0800. The van der Waals surface area contributed by atoms with Gasteiger partial charge in [-0.15, -0.1) is 0 Å². The predicted molar refractivity (Wildman–Crippen MR) is 76.5 cm³/mol. The minimum absolute atomic E-state index is 0.775. The van der Waals surface area contributed by atoms with E-state index in [2.05, 4.69) is 31.0 Å². The van der Waals surface area contributed by atoms with E-state index in [0.717, 1.165) is 12.1 Å². The molecule has 0 bridgehead atoms. The van der Waals surface area contributed by atoms with Crippen molar-refractivity contribution >= 4 is 0 Å². The molecule has 0 saturated carbocycles. The second-order valence-corrected chi connectivity index (χ2v) is 5.58. The minimum atomic E-state index is 0.775. The van der Waals surface area contributed by atoms with Gasteiger partial charge in [0, 0.05) is 18.6 Å². The van der Waals surface area contributed by atoms with Crippen LogP contribution in [-0.2, 0) is 0 Å². The van der Waals surface area contributed by atoms with Crippen LogP contribution >= 0.6 is 0 Å². The number of nitrogens with one attached hydrogen (secondary N) is 1. The van der Waals surface area contributed by atoms with Crippen LogP contribution in [-0.4, -0.2) is 36.6 Å². The van der Waals surface area contributed by atoms with E-state index in [1.165, 1.54) is 64.6 Å². The summed E-state index contributed by atoms with van der Waals surface area (Å²) in [6.07, 6.45) is 9.61. The molecule has 1 heterocycles. The Morgan fingerprint density at radius 2 is 2.00 bits per heavy atom. The lowest BCUT2D eigenvalue weighted by molar-refractivity contribution is 0.144. The molecule has 0 spiro atoms. The van der Waals surface area contributed by atoms with Crippen molar-refractivity contribution in [2.45, 2.75) is 77.8 Å². The predicted octanol–water partition coefficient (Wildman–Crippen LogP) is 3.42. The third-order valence-corrected chi connectivity index (χ3v) is 4.03. The van der Waals surface area contributed by atoms with Gasteiger partial charge in [0.1, 0.15) is 0 Å². The third-order valence-electron chi connectivity index (χ3n) is 4.03. The average molecular weight is 240 g/mol. The van der Waals surface area contributed by atoms with Gasteiger partial charge in [-0.1, -0.05) is 39.5 Å². The first-order chi connectivity index (χ1) is 8.29. The Kier molecular flexibility index (Phi) is 7.87. The van der Waals surface area contributed by atoms with Gasteiger partial charge in [-0.3, -0.25) is 4.90 Å². The quantitative estimate of drug-likeness (QED) is 0.621. The lowest BCUT2D eigenvalue weighted by Crippen LogP contribution is -2.43. The molecule has 17 heavy (non-hydrogen) atoms. The molecule has 102 valence electrons. The summed E-state index contributed by atoms with van der Waals surface area (Å²) in [6, 6.07) is 1.58. The first-order valence-corrected chi connectivity index (χ1v) is 7.76. The molecule has 1 saturated heterocycles. The smallest absolute Gasteiger partial charge is 0.0235 e. The van der Waals surface area contributed by atoms with Crippen molar-refractivity contribution in [3.8, 4) is 0 Å². The molecule has 1 fully saturated rings. The zero-order chi connectivity index (χ0) is 12.5.